The van der Waals surface area contributed by atoms with Gasteiger partial charge in [0, 0.05) is 0 Å². The number of rotatable bonds is 1. The van der Waals surface area contributed by atoms with Crippen molar-refractivity contribution in [2.24, 2.45) is 0 Å². The summed E-state index contributed by atoms with van der Waals surface area (Å²) in [6.45, 7) is 6.21. The van der Waals surface area contributed by atoms with Crippen LogP contribution in [0.1, 0.15) is 33.6 Å². The van der Waals surface area contributed by atoms with Crippen LogP contribution in [0.2, 0.25) is 0 Å². The average Bonchev–Trinajstić information content (AvgIpc) is 2.53. The lowest BCUT2D eigenvalue weighted by Crippen LogP contribution is -2.25. The molecule has 0 heterocycles. The molecule has 0 spiro atoms. The lowest BCUT2D eigenvalue weighted by atomic mass is 10.1. The van der Waals surface area contributed by atoms with E-state index in [9.17, 15) is 0 Å². The minimum atomic E-state index is 1.06. The van der Waals surface area contributed by atoms with E-state index in [4.69, 9.17) is 0 Å². The van der Waals surface area contributed by atoms with E-state index in [1.165, 1.54) is 16.0 Å². The maximum Gasteiger partial charge on any atom is -0.0155 e. The van der Waals surface area contributed by atoms with Crippen molar-refractivity contribution in [1.82, 2.24) is 0 Å². The molecule has 80 valence electrons. The van der Waals surface area contributed by atoms with Crippen molar-refractivity contribution in [3.05, 3.63) is 46.9 Å². The van der Waals surface area contributed by atoms with Crippen molar-refractivity contribution >= 4 is 11.6 Å². The van der Waals surface area contributed by atoms with Gasteiger partial charge in [0.05, 0.1) is 0 Å². The molecule has 0 aromatic heterocycles. The number of allylic oxidation sites excluding steroid dienone is 2. The van der Waals surface area contributed by atoms with Crippen molar-refractivity contribution in [2.75, 3.05) is 0 Å². The van der Waals surface area contributed by atoms with Crippen LogP contribution in [0.15, 0.2) is 36.4 Å². The zero-order valence-corrected chi connectivity index (χ0v) is 9.96. The molecule has 1 aromatic rings. The fraction of sp³-hybridized carbons (Fsp3) is 0.333. The second-order valence-electron chi connectivity index (χ2n) is 3.31. The van der Waals surface area contributed by atoms with Gasteiger partial charge >= 0.3 is 0 Å². The molecule has 0 aliphatic heterocycles. The number of benzene rings is 1. The quantitative estimate of drug-likeness (QED) is 0.653. The Kier molecular flexibility index (Phi) is 4.89. The highest BCUT2D eigenvalue weighted by Crippen LogP contribution is 2.03. The molecule has 0 bridgehead atoms. The number of fused-ring (bicyclic) bond motifs is 1. The van der Waals surface area contributed by atoms with Crippen LogP contribution < -0.4 is 10.4 Å². The van der Waals surface area contributed by atoms with Gasteiger partial charge in [0.15, 0.2) is 0 Å². The first-order valence-corrected chi connectivity index (χ1v) is 5.87. The summed E-state index contributed by atoms with van der Waals surface area (Å²) in [6.07, 6.45) is 8.94. The normalized spacial score (nSPS) is 13.1. The molecule has 2 rings (SSSR count). The van der Waals surface area contributed by atoms with Crippen LogP contribution in [0, 0.1) is 0 Å². The molecule has 0 radical (unpaired) electrons. The molecular formula is C15H20. The van der Waals surface area contributed by atoms with E-state index in [0.717, 1.165) is 12.8 Å². The summed E-state index contributed by atoms with van der Waals surface area (Å²) >= 11 is 0. The van der Waals surface area contributed by atoms with Crippen molar-refractivity contribution in [1.29, 1.82) is 0 Å². The topological polar surface area (TPSA) is 0 Å². The minimum absolute atomic E-state index is 1.06. The predicted octanol–water partition coefficient (Wildman–Crippen LogP) is 3.01. The maximum absolute atomic E-state index is 2.29. The van der Waals surface area contributed by atoms with Gasteiger partial charge in [-0.15, -0.1) is 0 Å². The van der Waals surface area contributed by atoms with Crippen molar-refractivity contribution < 1.29 is 0 Å². The Labute approximate surface area is 92.6 Å². The molecule has 0 amide bonds. The molecule has 0 fully saturated rings. The summed E-state index contributed by atoms with van der Waals surface area (Å²) in [5, 5.41) is 2.78. The standard InChI is InChI=1S/C13H14.C2H6/c1-2-11-7-3-4-8-12-9-5-6-10-13(11)12;1-2/h3,5-10H,2,4H2,1H3;1-2H3. The van der Waals surface area contributed by atoms with E-state index >= 15 is 0 Å². The minimum Gasteiger partial charge on any atom is -0.0804 e. The molecule has 0 atom stereocenters. The summed E-state index contributed by atoms with van der Waals surface area (Å²) in [6, 6.07) is 8.62. The van der Waals surface area contributed by atoms with Gasteiger partial charge in [-0.3, -0.25) is 0 Å². The highest BCUT2D eigenvalue weighted by atomic mass is 14.0. The monoisotopic (exact) mass is 200 g/mol. The first kappa shape index (κ1) is 11.8. The van der Waals surface area contributed by atoms with Crippen LogP contribution in [0.4, 0.5) is 0 Å². The highest BCUT2D eigenvalue weighted by molar-refractivity contribution is 5.58. The second-order valence-corrected chi connectivity index (χ2v) is 3.31. The SMILES string of the molecule is CC.CCC1=c2ccccc2=CCC=C1. The third kappa shape index (κ3) is 2.82. The smallest absolute Gasteiger partial charge is 0.0155 e. The Bertz CT molecular complexity index is 435. The van der Waals surface area contributed by atoms with E-state index in [0.29, 0.717) is 0 Å². The predicted molar refractivity (Wildman–Crippen MR) is 69.0 cm³/mol. The van der Waals surface area contributed by atoms with Crippen LogP contribution in [0.25, 0.3) is 11.6 Å². The van der Waals surface area contributed by atoms with Gasteiger partial charge in [-0.05, 0) is 28.9 Å². The van der Waals surface area contributed by atoms with Crippen LogP contribution in [-0.2, 0) is 0 Å². The lowest BCUT2D eigenvalue weighted by Gasteiger charge is -1.96. The Morgan fingerprint density at radius 1 is 1.13 bits per heavy atom. The zero-order chi connectivity index (χ0) is 11.1. The van der Waals surface area contributed by atoms with Gasteiger partial charge < -0.3 is 0 Å². The molecule has 15 heavy (non-hydrogen) atoms. The molecule has 0 nitrogen and oxygen atoms in total. The Balaban J connectivity index is 0.000000531. The molecule has 1 aliphatic carbocycles. The fourth-order valence-electron chi connectivity index (χ4n) is 1.77. The molecule has 0 N–H and O–H groups in total. The number of hydrogen-bond donors (Lipinski definition) is 0. The fourth-order valence-corrected chi connectivity index (χ4v) is 1.77. The summed E-state index contributed by atoms with van der Waals surface area (Å²) in [4.78, 5) is 0. The third-order valence-electron chi connectivity index (χ3n) is 2.48. The number of hydrogen-bond acceptors (Lipinski definition) is 0. The Hall–Kier alpha value is -1.30. The lowest BCUT2D eigenvalue weighted by molar-refractivity contribution is 1.23. The van der Waals surface area contributed by atoms with Crippen molar-refractivity contribution in [3.8, 4) is 0 Å². The summed E-state index contributed by atoms with van der Waals surface area (Å²) in [5.74, 6) is 0. The van der Waals surface area contributed by atoms with Gasteiger partial charge in [0.1, 0.15) is 0 Å². The summed E-state index contributed by atoms with van der Waals surface area (Å²) < 4.78 is 0. The largest absolute Gasteiger partial charge is 0.0804 e. The van der Waals surface area contributed by atoms with Crippen molar-refractivity contribution in [2.45, 2.75) is 33.6 Å². The van der Waals surface area contributed by atoms with E-state index in [2.05, 4.69) is 49.4 Å². The third-order valence-corrected chi connectivity index (χ3v) is 2.48. The van der Waals surface area contributed by atoms with Gasteiger partial charge in [0.25, 0.3) is 0 Å². The van der Waals surface area contributed by atoms with Gasteiger partial charge in [-0.2, -0.15) is 0 Å². The Morgan fingerprint density at radius 2 is 1.87 bits per heavy atom. The van der Waals surface area contributed by atoms with Gasteiger partial charge in [0.2, 0.25) is 0 Å². The van der Waals surface area contributed by atoms with E-state index in [-0.39, 0.29) is 0 Å². The van der Waals surface area contributed by atoms with E-state index < -0.39 is 0 Å². The molecule has 1 aromatic carbocycles. The van der Waals surface area contributed by atoms with Crippen LogP contribution in [0.3, 0.4) is 0 Å². The zero-order valence-electron chi connectivity index (χ0n) is 9.96. The average molecular weight is 200 g/mol. The molecule has 0 unspecified atom stereocenters. The first-order chi connectivity index (χ1) is 7.42. The maximum atomic E-state index is 2.29. The van der Waals surface area contributed by atoms with Crippen LogP contribution >= 0.6 is 0 Å². The summed E-state index contributed by atoms with van der Waals surface area (Å²) in [5.41, 5.74) is 1.45. The van der Waals surface area contributed by atoms with Gasteiger partial charge in [-0.25, -0.2) is 0 Å². The van der Waals surface area contributed by atoms with E-state index in [1.807, 2.05) is 13.8 Å². The highest BCUT2D eigenvalue weighted by Gasteiger charge is 1.94. The van der Waals surface area contributed by atoms with Crippen LogP contribution in [-0.4, -0.2) is 0 Å². The van der Waals surface area contributed by atoms with Crippen LogP contribution in [0.5, 0.6) is 0 Å². The molecule has 0 heteroatoms. The second kappa shape index (κ2) is 6.23. The van der Waals surface area contributed by atoms with Gasteiger partial charge in [-0.1, -0.05) is 63.3 Å². The van der Waals surface area contributed by atoms with Crippen molar-refractivity contribution in [3.63, 3.8) is 0 Å². The van der Waals surface area contributed by atoms with E-state index in [1.54, 1.807) is 0 Å². The molecular weight excluding hydrogens is 180 g/mol. The first-order valence-electron chi connectivity index (χ1n) is 5.87. The molecule has 0 saturated carbocycles. The Morgan fingerprint density at radius 3 is 2.60 bits per heavy atom. The summed E-state index contributed by atoms with van der Waals surface area (Å²) in [7, 11) is 0. The molecule has 1 aliphatic rings. The molecule has 0 saturated heterocycles.